The lowest BCUT2D eigenvalue weighted by molar-refractivity contribution is -0.339. The fourth-order valence-corrected chi connectivity index (χ4v) is 5.00. The number of phenols is 1. The van der Waals surface area contributed by atoms with E-state index in [1.807, 2.05) is 0 Å². The molecule has 0 radical (unpaired) electrons. The van der Waals surface area contributed by atoms with Gasteiger partial charge in [-0.05, 0) is 35.8 Å². The molecule has 0 bridgehead atoms. The second-order valence-corrected chi connectivity index (χ2v) is 9.58. The number of hydrogen-bond acceptors (Lipinski definition) is 13. The van der Waals surface area contributed by atoms with Gasteiger partial charge in [0, 0.05) is 12.0 Å². The van der Waals surface area contributed by atoms with Gasteiger partial charge >= 0.3 is 11.9 Å². The summed E-state index contributed by atoms with van der Waals surface area (Å²) < 4.78 is 32.2. The number of carboxylic acid groups (broad SMARTS) is 1. The SMILES string of the molecule is COc1cc(/C=C/C(=O)OC[C@H]2O[C@@H](O[C@@H]3OC=C(C(=O)O)[C@H]4CC=C(CO)[C@@H]34)[C@H](O)[C@@H](O)[C@@H]2O)cc(OC)c1O. The van der Waals surface area contributed by atoms with Crippen LogP contribution >= 0.6 is 0 Å². The van der Waals surface area contributed by atoms with E-state index >= 15 is 0 Å². The first-order valence-electron chi connectivity index (χ1n) is 12.6. The number of methoxy groups -OCH3 is 2. The molecule has 41 heavy (non-hydrogen) atoms. The van der Waals surface area contributed by atoms with E-state index in [0.29, 0.717) is 17.6 Å². The van der Waals surface area contributed by atoms with Crippen molar-refractivity contribution in [3.05, 3.63) is 47.3 Å². The molecule has 1 aliphatic carbocycles. The predicted octanol–water partition coefficient (Wildman–Crippen LogP) is -0.330. The van der Waals surface area contributed by atoms with E-state index in [9.17, 15) is 40.2 Å². The number of rotatable bonds is 10. The van der Waals surface area contributed by atoms with Gasteiger partial charge in [0.05, 0.1) is 38.6 Å². The molecule has 3 aliphatic rings. The molecule has 0 unspecified atom stereocenters. The van der Waals surface area contributed by atoms with Crippen LogP contribution in [-0.4, -0.2) is 107 Å². The molecule has 224 valence electrons. The van der Waals surface area contributed by atoms with Gasteiger partial charge in [-0.25, -0.2) is 9.59 Å². The zero-order chi connectivity index (χ0) is 29.8. The number of carbonyl (C=O) groups excluding carboxylic acids is 1. The topological polar surface area (TPSA) is 211 Å². The number of carboxylic acids is 1. The highest BCUT2D eigenvalue weighted by molar-refractivity contribution is 5.88. The smallest absolute Gasteiger partial charge is 0.335 e. The third-order valence-corrected chi connectivity index (χ3v) is 7.19. The van der Waals surface area contributed by atoms with E-state index in [1.54, 1.807) is 6.08 Å². The van der Waals surface area contributed by atoms with Crippen molar-refractivity contribution in [2.75, 3.05) is 27.4 Å². The molecule has 1 fully saturated rings. The fraction of sp³-hybridized carbons (Fsp3) is 0.481. The molecule has 14 heteroatoms. The molecule has 0 saturated carbocycles. The first kappa shape index (κ1) is 30.3. The lowest BCUT2D eigenvalue weighted by Gasteiger charge is -2.43. The third kappa shape index (κ3) is 6.32. The van der Waals surface area contributed by atoms with Gasteiger partial charge in [-0.3, -0.25) is 0 Å². The van der Waals surface area contributed by atoms with Gasteiger partial charge in [-0.1, -0.05) is 6.08 Å². The maximum absolute atomic E-state index is 12.4. The van der Waals surface area contributed by atoms with Crippen LogP contribution in [0, 0.1) is 11.8 Å². The summed E-state index contributed by atoms with van der Waals surface area (Å²) in [6.07, 6.45) is -3.68. The van der Waals surface area contributed by atoms with E-state index < -0.39 is 67.4 Å². The van der Waals surface area contributed by atoms with Crippen molar-refractivity contribution in [3.8, 4) is 17.2 Å². The van der Waals surface area contributed by atoms with Crippen molar-refractivity contribution in [3.63, 3.8) is 0 Å². The summed E-state index contributed by atoms with van der Waals surface area (Å²) in [6, 6.07) is 2.92. The van der Waals surface area contributed by atoms with Crippen molar-refractivity contribution >= 4 is 18.0 Å². The third-order valence-electron chi connectivity index (χ3n) is 7.19. The molecule has 14 nitrogen and oxygen atoms in total. The van der Waals surface area contributed by atoms with E-state index in [0.717, 1.165) is 12.3 Å². The van der Waals surface area contributed by atoms with Crippen LogP contribution < -0.4 is 9.47 Å². The Balaban J connectivity index is 1.41. The van der Waals surface area contributed by atoms with Gasteiger partial charge in [0.25, 0.3) is 0 Å². The molecular weight excluding hydrogens is 548 g/mol. The molecule has 2 heterocycles. The molecular formula is C27H32O14. The van der Waals surface area contributed by atoms with Gasteiger partial charge in [0.15, 0.2) is 17.8 Å². The predicted molar refractivity (Wildman–Crippen MR) is 136 cm³/mol. The second-order valence-electron chi connectivity index (χ2n) is 9.58. The number of allylic oxidation sites excluding steroid dienone is 1. The van der Waals surface area contributed by atoms with Gasteiger partial charge in [0.2, 0.25) is 12.0 Å². The first-order valence-corrected chi connectivity index (χ1v) is 12.6. The summed E-state index contributed by atoms with van der Waals surface area (Å²) in [5, 5.41) is 60.6. The van der Waals surface area contributed by atoms with Crippen LogP contribution in [0.3, 0.4) is 0 Å². The Morgan fingerprint density at radius 1 is 1.05 bits per heavy atom. The average molecular weight is 581 g/mol. The van der Waals surface area contributed by atoms with Crippen LogP contribution in [0.4, 0.5) is 0 Å². The van der Waals surface area contributed by atoms with Crippen LogP contribution in [0.2, 0.25) is 0 Å². The Hall–Kier alpha value is -3.66. The molecule has 1 saturated heterocycles. The molecule has 4 rings (SSSR count). The maximum atomic E-state index is 12.4. The van der Waals surface area contributed by atoms with Crippen LogP contribution in [0.15, 0.2) is 41.7 Å². The minimum atomic E-state index is -1.74. The molecule has 8 atom stereocenters. The number of aliphatic hydroxyl groups excluding tert-OH is 4. The Bertz CT molecular complexity index is 1200. The number of aliphatic hydroxyl groups is 4. The maximum Gasteiger partial charge on any atom is 0.335 e. The number of benzene rings is 1. The normalized spacial score (nSPS) is 31.1. The fourth-order valence-electron chi connectivity index (χ4n) is 5.00. The lowest BCUT2D eigenvalue weighted by atomic mass is 9.83. The number of aromatic hydroxyl groups is 1. The molecule has 0 aromatic heterocycles. The van der Waals surface area contributed by atoms with Gasteiger partial charge < -0.3 is 59.1 Å². The highest BCUT2D eigenvalue weighted by Gasteiger charge is 2.50. The standard InChI is InChI=1S/C27H32O14/c1-36-16-7-12(8-17(37-2)21(16)30)3-6-19(29)38-11-18-22(31)23(32)24(33)27(40-18)41-26-20-13(9-28)4-5-14(20)15(10-39-26)25(34)35/h3-4,6-8,10,14,18,20,22-24,26-28,30-33H,5,9,11H2,1-2H3,(H,34,35)/b6-3+/t14-,18-,20-,22-,23+,24-,26+,27+/m1/s1. The summed E-state index contributed by atoms with van der Waals surface area (Å²) >= 11 is 0. The van der Waals surface area contributed by atoms with Crippen molar-refractivity contribution in [1.29, 1.82) is 0 Å². The highest BCUT2D eigenvalue weighted by Crippen LogP contribution is 2.44. The lowest BCUT2D eigenvalue weighted by Crippen LogP contribution is -2.60. The largest absolute Gasteiger partial charge is 0.502 e. The van der Waals surface area contributed by atoms with Crippen LogP contribution in [0.1, 0.15) is 12.0 Å². The molecule has 0 spiro atoms. The molecule has 1 aromatic rings. The van der Waals surface area contributed by atoms with E-state index in [1.165, 1.54) is 32.4 Å². The minimum absolute atomic E-state index is 0.00264. The van der Waals surface area contributed by atoms with Gasteiger partial charge in [-0.15, -0.1) is 0 Å². The number of aliphatic carboxylic acids is 1. The van der Waals surface area contributed by atoms with Crippen LogP contribution in [0.5, 0.6) is 17.2 Å². The number of hydrogen-bond donors (Lipinski definition) is 6. The summed E-state index contributed by atoms with van der Waals surface area (Å²) in [4.78, 5) is 24.0. The van der Waals surface area contributed by atoms with Crippen molar-refractivity contribution in [2.45, 2.75) is 43.4 Å². The number of esters is 1. The van der Waals surface area contributed by atoms with E-state index in [4.69, 9.17) is 28.4 Å². The van der Waals surface area contributed by atoms with Crippen molar-refractivity contribution in [1.82, 2.24) is 0 Å². The quantitative estimate of drug-likeness (QED) is 0.119. The zero-order valence-corrected chi connectivity index (χ0v) is 22.2. The number of carbonyl (C=O) groups is 2. The van der Waals surface area contributed by atoms with Crippen molar-refractivity contribution in [2.24, 2.45) is 11.8 Å². The zero-order valence-electron chi connectivity index (χ0n) is 22.2. The summed E-state index contributed by atoms with van der Waals surface area (Å²) in [5.41, 5.74) is 0.930. The highest BCUT2D eigenvalue weighted by atomic mass is 16.8. The average Bonchev–Trinajstić information content (AvgIpc) is 3.40. The Kier molecular flexibility index (Phi) is 9.53. The number of phenolic OH excluding ortho intramolecular Hbond substituents is 1. The summed E-state index contributed by atoms with van der Waals surface area (Å²) in [5.74, 6) is -3.24. The van der Waals surface area contributed by atoms with Crippen LogP contribution in [-0.2, 0) is 28.5 Å². The van der Waals surface area contributed by atoms with Crippen molar-refractivity contribution < 1.29 is 68.6 Å². The molecule has 0 amide bonds. The number of fused-ring (bicyclic) bond motifs is 1. The Morgan fingerprint density at radius 3 is 2.34 bits per heavy atom. The molecule has 2 aliphatic heterocycles. The van der Waals surface area contributed by atoms with E-state index in [2.05, 4.69) is 0 Å². The van der Waals surface area contributed by atoms with E-state index in [-0.39, 0.29) is 29.4 Å². The molecule has 1 aromatic carbocycles. The summed E-state index contributed by atoms with van der Waals surface area (Å²) in [6.45, 7) is -0.902. The summed E-state index contributed by atoms with van der Waals surface area (Å²) in [7, 11) is 2.71. The second kappa shape index (κ2) is 12.9. The van der Waals surface area contributed by atoms with Gasteiger partial charge in [0.1, 0.15) is 31.0 Å². The number of ether oxygens (including phenoxy) is 6. The monoisotopic (exact) mass is 580 g/mol. The Labute approximate surface area is 234 Å². The minimum Gasteiger partial charge on any atom is -0.502 e. The Morgan fingerprint density at radius 2 is 1.73 bits per heavy atom. The van der Waals surface area contributed by atoms with Crippen LogP contribution in [0.25, 0.3) is 6.08 Å². The van der Waals surface area contributed by atoms with Gasteiger partial charge in [-0.2, -0.15) is 0 Å². The molecule has 6 N–H and O–H groups in total. The first-order chi connectivity index (χ1) is 19.6.